The zero-order valence-corrected chi connectivity index (χ0v) is 17.9. The lowest BCUT2D eigenvalue weighted by atomic mass is 9.87. The molecule has 1 heterocycles. The van der Waals surface area contributed by atoms with Gasteiger partial charge in [-0.3, -0.25) is 0 Å². The average molecular weight is 449 g/mol. The molecule has 2 N–H and O–H groups in total. The number of nitrogens with zero attached hydrogens (tertiary/aromatic N) is 1. The van der Waals surface area contributed by atoms with Gasteiger partial charge in [0.05, 0.1) is 24.8 Å². The number of ether oxygens (including phenoxy) is 1. The van der Waals surface area contributed by atoms with Crippen molar-refractivity contribution in [2.24, 2.45) is 0 Å². The highest BCUT2D eigenvalue weighted by Gasteiger charge is 2.33. The molecule has 0 bridgehead atoms. The minimum absolute atomic E-state index is 0.0938. The minimum atomic E-state index is -1.03. The van der Waals surface area contributed by atoms with Crippen LogP contribution in [0.3, 0.4) is 0 Å². The molecule has 0 aliphatic carbocycles. The molecule has 4 rings (SSSR count). The SMILES string of the molecule is O=C(O)c1cc(COC2CN(C(=O)O)CCC2c2ccc(F)cc2)ccc1-c1ccccc1. The van der Waals surface area contributed by atoms with E-state index in [0.29, 0.717) is 24.1 Å². The van der Waals surface area contributed by atoms with Gasteiger partial charge in [-0.15, -0.1) is 0 Å². The maximum atomic E-state index is 13.4. The van der Waals surface area contributed by atoms with E-state index in [9.17, 15) is 24.2 Å². The van der Waals surface area contributed by atoms with Crippen molar-refractivity contribution in [3.8, 4) is 11.1 Å². The second-order valence-electron chi connectivity index (χ2n) is 8.08. The summed E-state index contributed by atoms with van der Waals surface area (Å²) in [7, 11) is 0. The van der Waals surface area contributed by atoms with Crippen molar-refractivity contribution >= 4 is 12.1 Å². The smallest absolute Gasteiger partial charge is 0.407 e. The summed E-state index contributed by atoms with van der Waals surface area (Å²) < 4.78 is 19.5. The van der Waals surface area contributed by atoms with Crippen LogP contribution in [0.5, 0.6) is 0 Å². The Kier molecular flexibility index (Phi) is 6.70. The summed E-state index contributed by atoms with van der Waals surface area (Å²) in [6.07, 6.45) is -0.903. The molecule has 1 aliphatic rings. The molecule has 2 unspecified atom stereocenters. The number of aromatic carboxylic acids is 1. The maximum absolute atomic E-state index is 13.4. The lowest BCUT2D eigenvalue weighted by Gasteiger charge is -2.37. The molecule has 0 aromatic heterocycles. The molecule has 1 saturated heterocycles. The lowest BCUT2D eigenvalue weighted by Crippen LogP contribution is -2.46. The molecule has 7 heteroatoms. The summed E-state index contributed by atoms with van der Waals surface area (Å²) in [6.45, 7) is 0.683. The van der Waals surface area contributed by atoms with Crippen molar-refractivity contribution in [1.82, 2.24) is 4.90 Å². The van der Waals surface area contributed by atoms with Crippen molar-refractivity contribution in [2.75, 3.05) is 13.1 Å². The largest absolute Gasteiger partial charge is 0.478 e. The Morgan fingerprint density at radius 1 is 1.00 bits per heavy atom. The molecule has 0 spiro atoms. The van der Waals surface area contributed by atoms with Crippen LogP contribution in [0, 0.1) is 5.82 Å². The first-order valence-corrected chi connectivity index (χ1v) is 10.7. The molecule has 170 valence electrons. The minimum Gasteiger partial charge on any atom is -0.478 e. The molecular weight excluding hydrogens is 425 g/mol. The van der Waals surface area contributed by atoms with Gasteiger partial charge in [0.1, 0.15) is 5.82 Å². The predicted octanol–water partition coefficient (Wildman–Crippen LogP) is 5.24. The highest BCUT2D eigenvalue weighted by molar-refractivity contribution is 5.96. The first-order chi connectivity index (χ1) is 15.9. The Morgan fingerprint density at radius 2 is 1.73 bits per heavy atom. The molecule has 1 fully saturated rings. The molecule has 0 radical (unpaired) electrons. The Labute approximate surface area is 190 Å². The Balaban J connectivity index is 1.55. The molecule has 2 atom stereocenters. The van der Waals surface area contributed by atoms with E-state index < -0.39 is 18.2 Å². The van der Waals surface area contributed by atoms with Crippen LogP contribution in [0.25, 0.3) is 11.1 Å². The van der Waals surface area contributed by atoms with Gasteiger partial charge >= 0.3 is 12.1 Å². The van der Waals surface area contributed by atoms with Gasteiger partial charge in [0.2, 0.25) is 0 Å². The van der Waals surface area contributed by atoms with Crippen LogP contribution in [0.15, 0.2) is 72.8 Å². The van der Waals surface area contributed by atoms with Crippen molar-refractivity contribution in [3.05, 3.63) is 95.3 Å². The van der Waals surface area contributed by atoms with E-state index in [1.54, 1.807) is 24.3 Å². The number of benzene rings is 3. The zero-order valence-electron chi connectivity index (χ0n) is 17.9. The highest BCUT2D eigenvalue weighted by atomic mass is 19.1. The van der Waals surface area contributed by atoms with E-state index >= 15 is 0 Å². The van der Waals surface area contributed by atoms with E-state index in [1.165, 1.54) is 17.0 Å². The fraction of sp³-hybridized carbons (Fsp3) is 0.231. The molecule has 0 saturated carbocycles. The highest BCUT2D eigenvalue weighted by Crippen LogP contribution is 2.32. The number of carboxylic acids is 1. The summed E-state index contributed by atoms with van der Waals surface area (Å²) in [5.41, 5.74) is 3.16. The van der Waals surface area contributed by atoms with Crippen LogP contribution in [0.2, 0.25) is 0 Å². The number of rotatable bonds is 6. The quantitative estimate of drug-likeness (QED) is 0.537. The number of halogens is 1. The third-order valence-corrected chi connectivity index (χ3v) is 5.99. The molecule has 1 aliphatic heterocycles. The van der Waals surface area contributed by atoms with Gasteiger partial charge in [-0.25, -0.2) is 14.0 Å². The summed E-state index contributed by atoms with van der Waals surface area (Å²) in [4.78, 5) is 24.7. The van der Waals surface area contributed by atoms with Crippen LogP contribution in [-0.2, 0) is 11.3 Å². The van der Waals surface area contributed by atoms with Gasteiger partial charge < -0.3 is 19.8 Å². The van der Waals surface area contributed by atoms with Gasteiger partial charge in [0.25, 0.3) is 0 Å². The summed E-state index contributed by atoms with van der Waals surface area (Å²) in [5.74, 6) is -1.46. The predicted molar refractivity (Wildman–Crippen MR) is 121 cm³/mol. The number of carbonyl (C=O) groups is 2. The molecular formula is C26H24FNO5. The normalized spacial score (nSPS) is 18.2. The van der Waals surface area contributed by atoms with E-state index in [1.807, 2.05) is 36.4 Å². The van der Waals surface area contributed by atoms with Crippen LogP contribution < -0.4 is 0 Å². The third kappa shape index (κ3) is 5.21. The van der Waals surface area contributed by atoms with Gasteiger partial charge in [-0.2, -0.15) is 0 Å². The summed E-state index contributed by atoms with van der Waals surface area (Å²) >= 11 is 0. The van der Waals surface area contributed by atoms with Crippen LogP contribution in [0.1, 0.15) is 33.8 Å². The van der Waals surface area contributed by atoms with Crippen molar-refractivity contribution < 1.29 is 28.9 Å². The monoisotopic (exact) mass is 449 g/mol. The molecule has 3 aromatic rings. The van der Waals surface area contributed by atoms with Gasteiger partial charge in [0, 0.05) is 12.5 Å². The molecule has 6 nitrogen and oxygen atoms in total. The zero-order chi connectivity index (χ0) is 23.4. The maximum Gasteiger partial charge on any atom is 0.407 e. The number of hydrogen-bond acceptors (Lipinski definition) is 3. The lowest BCUT2D eigenvalue weighted by molar-refractivity contribution is -0.0199. The Morgan fingerprint density at radius 3 is 2.39 bits per heavy atom. The number of likely N-dealkylation sites (tertiary alicyclic amines) is 1. The van der Waals surface area contributed by atoms with Crippen molar-refractivity contribution in [1.29, 1.82) is 0 Å². The van der Waals surface area contributed by atoms with Crippen LogP contribution >= 0.6 is 0 Å². The molecule has 33 heavy (non-hydrogen) atoms. The number of carboxylic acid groups (broad SMARTS) is 2. The second-order valence-corrected chi connectivity index (χ2v) is 8.08. The van der Waals surface area contributed by atoms with E-state index in [4.69, 9.17) is 4.74 Å². The topological polar surface area (TPSA) is 87.1 Å². The number of hydrogen-bond donors (Lipinski definition) is 2. The van der Waals surface area contributed by atoms with E-state index in [0.717, 1.165) is 11.1 Å². The molecule has 3 aromatic carbocycles. The van der Waals surface area contributed by atoms with Crippen LogP contribution in [0.4, 0.5) is 9.18 Å². The standard InChI is InChI=1S/C26H24FNO5/c27-20-9-7-19(8-10-20)22-12-13-28(26(31)32)15-24(22)33-16-17-6-11-21(23(14-17)25(29)30)18-4-2-1-3-5-18/h1-11,14,22,24H,12-13,15-16H2,(H,29,30)(H,31,32). The third-order valence-electron chi connectivity index (χ3n) is 5.99. The summed E-state index contributed by atoms with van der Waals surface area (Å²) in [6, 6.07) is 20.6. The fourth-order valence-electron chi connectivity index (χ4n) is 4.28. The Bertz CT molecular complexity index is 1130. The second kappa shape index (κ2) is 9.83. The number of piperidine rings is 1. The van der Waals surface area contributed by atoms with E-state index in [2.05, 4.69) is 0 Å². The first-order valence-electron chi connectivity index (χ1n) is 10.7. The fourth-order valence-corrected chi connectivity index (χ4v) is 4.28. The van der Waals surface area contributed by atoms with Gasteiger partial charge in [0.15, 0.2) is 0 Å². The summed E-state index contributed by atoms with van der Waals surface area (Å²) in [5, 5.41) is 19.2. The van der Waals surface area contributed by atoms with E-state index in [-0.39, 0.29) is 30.5 Å². The van der Waals surface area contributed by atoms with Gasteiger partial charge in [-0.05, 0) is 46.9 Å². The van der Waals surface area contributed by atoms with Crippen molar-refractivity contribution in [3.63, 3.8) is 0 Å². The van der Waals surface area contributed by atoms with Crippen LogP contribution in [-0.4, -0.2) is 46.4 Å². The van der Waals surface area contributed by atoms with Crippen molar-refractivity contribution in [2.45, 2.75) is 25.0 Å². The number of amides is 1. The van der Waals surface area contributed by atoms with Gasteiger partial charge in [-0.1, -0.05) is 54.6 Å². The molecule has 1 amide bonds. The Hall–Kier alpha value is -3.71. The average Bonchev–Trinajstić information content (AvgIpc) is 2.83. The first kappa shape index (κ1) is 22.5.